The van der Waals surface area contributed by atoms with Crippen LogP contribution < -0.4 is 0 Å². The number of carbonyl (C=O) groups excluding carboxylic acids is 2. The molecule has 0 spiro atoms. The van der Waals surface area contributed by atoms with Gasteiger partial charge in [-0.3, -0.25) is 14.4 Å². The van der Waals surface area contributed by atoms with Gasteiger partial charge in [-0.25, -0.2) is 0 Å². The lowest BCUT2D eigenvalue weighted by Gasteiger charge is -2.25. The molecule has 2 aromatic rings. The third-order valence-corrected chi connectivity index (χ3v) is 4.98. The Kier molecular flexibility index (Phi) is 5.51. The van der Waals surface area contributed by atoms with E-state index in [2.05, 4.69) is 0 Å². The molecule has 0 bridgehead atoms. The fourth-order valence-electron chi connectivity index (χ4n) is 3.21. The van der Waals surface area contributed by atoms with Crippen molar-refractivity contribution in [1.29, 1.82) is 0 Å². The number of amides is 1. The Hall–Kier alpha value is -3.12. The summed E-state index contributed by atoms with van der Waals surface area (Å²) in [5.74, 6) is -3.15. The number of aliphatic hydroxyl groups excluding tert-OH is 1. The fraction of sp³-hybridized carbons (Fsp3) is 0.190. The minimum Gasteiger partial charge on any atom is -0.507 e. The van der Waals surface area contributed by atoms with Crippen molar-refractivity contribution in [1.82, 2.24) is 4.90 Å². The highest BCUT2D eigenvalue weighted by Gasteiger charge is 2.46. The van der Waals surface area contributed by atoms with Crippen LogP contribution in [0.3, 0.4) is 0 Å². The Balaban J connectivity index is 2.18. The molecule has 1 aliphatic heterocycles. The van der Waals surface area contributed by atoms with Gasteiger partial charge in [0, 0.05) is 17.1 Å². The first-order chi connectivity index (χ1) is 13.3. The number of ketones is 1. The van der Waals surface area contributed by atoms with Crippen LogP contribution in [0, 0.1) is 6.92 Å². The predicted octanol–water partition coefficient (Wildman–Crippen LogP) is 3.54. The van der Waals surface area contributed by atoms with Crippen molar-refractivity contribution in [3.63, 3.8) is 0 Å². The van der Waals surface area contributed by atoms with Crippen LogP contribution >= 0.6 is 11.6 Å². The number of carboxylic acids is 1. The molecule has 1 atom stereocenters. The minimum absolute atomic E-state index is 0.104. The van der Waals surface area contributed by atoms with E-state index in [0.717, 1.165) is 10.5 Å². The number of nitrogens with zero attached hydrogens (tertiary/aromatic N) is 1. The highest BCUT2D eigenvalue weighted by molar-refractivity contribution is 6.47. The van der Waals surface area contributed by atoms with Crippen LogP contribution in [0.15, 0.2) is 54.1 Å². The van der Waals surface area contributed by atoms with E-state index in [1.807, 2.05) is 6.92 Å². The quantitative estimate of drug-likeness (QED) is 0.455. The number of hydrogen-bond acceptors (Lipinski definition) is 4. The number of aliphatic carboxylic acids is 1. The SMILES string of the molecule is Cc1ccc(C(O)=C2C(=O)C(=O)N(CCC(=O)O)[C@H]2c2ccccc2Cl)cc1. The van der Waals surface area contributed by atoms with Crippen molar-refractivity contribution < 1.29 is 24.6 Å². The number of rotatable bonds is 5. The van der Waals surface area contributed by atoms with E-state index in [0.29, 0.717) is 16.1 Å². The summed E-state index contributed by atoms with van der Waals surface area (Å²) in [6.45, 7) is 1.71. The number of halogens is 1. The highest BCUT2D eigenvalue weighted by atomic mass is 35.5. The molecule has 1 fully saturated rings. The van der Waals surface area contributed by atoms with Gasteiger partial charge in [-0.05, 0) is 18.6 Å². The van der Waals surface area contributed by atoms with E-state index in [4.69, 9.17) is 16.7 Å². The molecule has 0 radical (unpaired) electrons. The number of hydrogen-bond donors (Lipinski definition) is 2. The maximum absolute atomic E-state index is 12.7. The monoisotopic (exact) mass is 399 g/mol. The summed E-state index contributed by atoms with van der Waals surface area (Å²) < 4.78 is 0. The van der Waals surface area contributed by atoms with Crippen LogP contribution in [0.2, 0.25) is 5.02 Å². The second-order valence-corrected chi connectivity index (χ2v) is 6.93. The van der Waals surface area contributed by atoms with Gasteiger partial charge in [0.25, 0.3) is 11.7 Å². The molecule has 3 rings (SSSR count). The molecule has 0 aromatic heterocycles. The van der Waals surface area contributed by atoms with E-state index in [1.165, 1.54) is 0 Å². The molecule has 0 aliphatic carbocycles. The van der Waals surface area contributed by atoms with Crippen molar-refractivity contribution in [2.45, 2.75) is 19.4 Å². The van der Waals surface area contributed by atoms with Crippen LogP contribution in [0.25, 0.3) is 5.76 Å². The summed E-state index contributed by atoms with van der Waals surface area (Å²) in [6.07, 6.45) is -0.335. The summed E-state index contributed by atoms with van der Waals surface area (Å²) >= 11 is 6.29. The zero-order chi connectivity index (χ0) is 20.4. The average molecular weight is 400 g/mol. The first-order valence-corrected chi connectivity index (χ1v) is 9.00. The Bertz CT molecular complexity index is 981. The number of likely N-dealkylation sites (tertiary alicyclic amines) is 1. The van der Waals surface area contributed by atoms with Gasteiger partial charge in [0.05, 0.1) is 18.0 Å². The molecule has 144 valence electrons. The molecule has 1 amide bonds. The lowest BCUT2D eigenvalue weighted by molar-refractivity contribution is -0.142. The Morgan fingerprint density at radius 3 is 2.32 bits per heavy atom. The van der Waals surface area contributed by atoms with Crippen molar-refractivity contribution >= 4 is 35.0 Å². The van der Waals surface area contributed by atoms with Gasteiger partial charge in [-0.1, -0.05) is 59.6 Å². The van der Waals surface area contributed by atoms with E-state index in [9.17, 15) is 19.5 Å². The van der Waals surface area contributed by atoms with Crippen molar-refractivity contribution in [3.8, 4) is 0 Å². The number of benzene rings is 2. The van der Waals surface area contributed by atoms with E-state index in [-0.39, 0.29) is 24.3 Å². The van der Waals surface area contributed by atoms with Gasteiger partial charge < -0.3 is 15.1 Å². The summed E-state index contributed by atoms with van der Waals surface area (Å²) in [5.41, 5.74) is 1.70. The van der Waals surface area contributed by atoms with E-state index < -0.39 is 23.7 Å². The second kappa shape index (κ2) is 7.86. The van der Waals surface area contributed by atoms with E-state index >= 15 is 0 Å². The Morgan fingerprint density at radius 2 is 1.71 bits per heavy atom. The largest absolute Gasteiger partial charge is 0.507 e. The van der Waals surface area contributed by atoms with Crippen molar-refractivity contribution in [2.75, 3.05) is 6.54 Å². The maximum atomic E-state index is 12.7. The zero-order valence-electron chi connectivity index (χ0n) is 15.1. The molecule has 2 N–H and O–H groups in total. The molecule has 2 aromatic carbocycles. The molecule has 0 saturated carbocycles. The van der Waals surface area contributed by atoms with Crippen LogP contribution in [0.1, 0.15) is 29.2 Å². The summed E-state index contributed by atoms with van der Waals surface area (Å²) in [6, 6.07) is 12.6. The first-order valence-electron chi connectivity index (χ1n) is 8.63. The van der Waals surface area contributed by atoms with Gasteiger partial charge >= 0.3 is 5.97 Å². The van der Waals surface area contributed by atoms with Gasteiger partial charge in [-0.15, -0.1) is 0 Å². The molecule has 0 unspecified atom stereocenters. The van der Waals surface area contributed by atoms with Gasteiger partial charge in [0.2, 0.25) is 0 Å². The average Bonchev–Trinajstić information content (AvgIpc) is 2.91. The van der Waals surface area contributed by atoms with E-state index in [1.54, 1.807) is 48.5 Å². The predicted molar refractivity (Wildman–Crippen MR) is 104 cm³/mol. The molecule has 28 heavy (non-hydrogen) atoms. The fourth-order valence-corrected chi connectivity index (χ4v) is 3.45. The smallest absolute Gasteiger partial charge is 0.305 e. The normalized spacial score (nSPS) is 18.5. The summed E-state index contributed by atoms with van der Waals surface area (Å²) in [4.78, 5) is 37.5. The summed E-state index contributed by atoms with van der Waals surface area (Å²) in [7, 11) is 0. The number of aryl methyl sites for hydroxylation is 1. The lowest BCUT2D eigenvalue weighted by atomic mass is 9.95. The molecule has 7 heteroatoms. The van der Waals surface area contributed by atoms with Crippen molar-refractivity contribution in [2.24, 2.45) is 0 Å². The maximum Gasteiger partial charge on any atom is 0.305 e. The van der Waals surface area contributed by atoms with Crippen LogP contribution in [0.4, 0.5) is 0 Å². The topological polar surface area (TPSA) is 94.9 Å². The van der Waals surface area contributed by atoms with Crippen molar-refractivity contribution in [3.05, 3.63) is 75.8 Å². The highest BCUT2D eigenvalue weighted by Crippen LogP contribution is 2.41. The molecule has 1 heterocycles. The second-order valence-electron chi connectivity index (χ2n) is 6.52. The zero-order valence-corrected chi connectivity index (χ0v) is 15.8. The third-order valence-electron chi connectivity index (χ3n) is 4.63. The lowest BCUT2D eigenvalue weighted by Crippen LogP contribution is -2.32. The number of carbonyl (C=O) groups is 3. The Labute approximate surface area is 166 Å². The summed E-state index contributed by atoms with van der Waals surface area (Å²) in [5, 5.41) is 20.2. The minimum atomic E-state index is -1.10. The van der Waals surface area contributed by atoms with Gasteiger partial charge in [0.15, 0.2) is 0 Å². The van der Waals surface area contributed by atoms with Crippen LogP contribution in [-0.4, -0.2) is 39.3 Å². The van der Waals surface area contributed by atoms with Gasteiger partial charge in [0.1, 0.15) is 5.76 Å². The molecular formula is C21H18ClNO5. The van der Waals surface area contributed by atoms with Gasteiger partial charge in [-0.2, -0.15) is 0 Å². The third kappa shape index (κ3) is 3.64. The molecule has 1 aliphatic rings. The molecular weight excluding hydrogens is 382 g/mol. The number of carboxylic acid groups (broad SMARTS) is 1. The number of Topliss-reactive ketones (excluding diaryl/α,β-unsaturated/α-hetero) is 1. The van der Waals surface area contributed by atoms with Crippen LogP contribution in [-0.2, 0) is 14.4 Å². The van der Waals surface area contributed by atoms with Crippen LogP contribution in [0.5, 0.6) is 0 Å². The molecule has 1 saturated heterocycles. The Morgan fingerprint density at radius 1 is 1.07 bits per heavy atom. The first kappa shape index (κ1) is 19.6. The molecule has 6 nitrogen and oxygen atoms in total. The standard InChI is InChI=1S/C21H18ClNO5/c1-12-6-8-13(9-7-12)19(26)17-18(14-4-2-3-5-15(14)22)23(11-10-16(24)25)21(28)20(17)27/h2-9,18,26H,10-11H2,1H3,(H,24,25)/t18-/m0/s1. The number of aliphatic hydroxyl groups is 1.